The third-order valence-corrected chi connectivity index (χ3v) is 10.7. The lowest BCUT2D eigenvalue weighted by Gasteiger charge is -2.23. The van der Waals surface area contributed by atoms with Gasteiger partial charge in [0.05, 0.1) is 36.2 Å². The second kappa shape index (κ2) is 11.4. The molecule has 0 amide bonds. The Balaban J connectivity index is 1.20. The van der Waals surface area contributed by atoms with Gasteiger partial charge in [0.15, 0.2) is 48.2 Å². The number of fused-ring (bicyclic) bond motifs is 5. The summed E-state index contributed by atoms with van der Waals surface area (Å²) in [7, 11) is -8.40. The SMILES string of the molecule is Nc1nc2c(ncn2[C@@H]2O[C@@H]3CO[P+](O)(S)O[C@H]4[C@H](F)[C@H](n5ccc6c(N)ncnc65)O[C@@H]4CO[P+](O)(S)O[C@@H]2[C@H]3F)c(=O)[nH]1. The Bertz CT molecular complexity index is 1820. The molecule has 7 heterocycles. The number of aromatic amines is 1. The second-order valence-corrected chi connectivity index (χ2v) is 16.2. The molecule has 3 fully saturated rings. The maximum Gasteiger partial charge on any atom is 0.476 e. The van der Waals surface area contributed by atoms with Gasteiger partial charge in [0.25, 0.3) is 5.56 Å². The van der Waals surface area contributed by atoms with Crippen LogP contribution in [0.5, 0.6) is 0 Å². The van der Waals surface area contributed by atoms with Gasteiger partial charge in [-0.2, -0.15) is 32.9 Å². The van der Waals surface area contributed by atoms with Gasteiger partial charge in [-0.3, -0.25) is 14.3 Å². The summed E-state index contributed by atoms with van der Waals surface area (Å²) in [5.74, 6) is -0.0805. The fraction of sp³-hybridized carbons (Fsp3) is 0.476. The zero-order valence-corrected chi connectivity index (χ0v) is 26.1. The Hall–Kier alpha value is -2.33. The number of nitrogen functional groups attached to an aromatic ring is 2. The lowest BCUT2D eigenvalue weighted by molar-refractivity contribution is -0.0605. The van der Waals surface area contributed by atoms with Gasteiger partial charge in [0.2, 0.25) is 5.95 Å². The van der Waals surface area contributed by atoms with Crippen molar-refractivity contribution in [2.24, 2.45) is 0 Å². The molecule has 0 spiro atoms. The molecule has 3 aliphatic rings. The van der Waals surface area contributed by atoms with E-state index < -0.39 is 82.3 Å². The van der Waals surface area contributed by atoms with E-state index in [4.69, 9.17) is 39.0 Å². The molecule has 0 aliphatic carbocycles. The Morgan fingerprint density at radius 2 is 1.62 bits per heavy atom. The number of alkyl halides is 2. The van der Waals surface area contributed by atoms with Crippen molar-refractivity contribution in [3.63, 3.8) is 0 Å². The van der Waals surface area contributed by atoms with Gasteiger partial charge < -0.3 is 25.5 Å². The number of rotatable bonds is 2. The molecule has 0 aromatic carbocycles. The predicted octanol–water partition coefficient (Wildman–Crippen LogP) is 1.22. The molecule has 2 unspecified atom stereocenters. The Morgan fingerprint density at radius 3 is 2.38 bits per heavy atom. The number of hydrogen-bond donors (Lipinski definition) is 7. The average molecular weight is 712 g/mol. The highest BCUT2D eigenvalue weighted by Crippen LogP contribution is 2.67. The zero-order valence-electron chi connectivity index (χ0n) is 22.5. The Morgan fingerprint density at radius 1 is 0.933 bits per heavy atom. The van der Waals surface area contributed by atoms with Gasteiger partial charge >= 0.3 is 14.3 Å². The standard InChI is InChI=1S/C21H24F2N9O9P2S2/c22-10-8-3-36-42(34,44)40-13-9(39-19(11(13)23)31-2-1-7-15(24)26-5-27-16(7)31)4-37-43(35,45)41-14(10)20(38-8)32-6-28-12-17(32)29-21(25)30-18(12)33/h1-2,5-6,8-11,13-14,19-20,34-35,44-45H,3-4H2,(H4-,24,25,26,27,29,30,33)/q+1/p+1/t8-,9-,10+,11+,13-,14-,19-,20-,42?,43?/m1/s1. The number of halogens is 2. The molecule has 18 nitrogen and oxygen atoms in total. The number of ether oxygens (including phenoxy) is 2. The molecule has 3 saturated heterocycles. The highest BCUT2D eigenvalue weighted by Gasteiger charge is 2.60. The molecule has 7 N–H and O–H groups in total. The van der Waals surface area contributed by atoms with Crippen molar-refractivity contribution < 1.29 is 46.1 Å². The molecular weight excluding hydrogens is 686 g/mol. The van der Waals surface area contributed by atoms with E-state index >= 15 is 8.78 Å². The number of imidazole rings is 1. The van der Waals surface area contributed by atoms with Crippen molar-refractivity contribution in [2.45, 2.75) is 49.2 Å². The summed E-state index contributed by atoms with van der Waals surface area (Å²) in [5.41, 5.74) is 11.0. The van der Waals surface area contributed by atoms with E-state index in [0.29, 0.717) is 5.39 Å². The highest BCUT2D eigenvalue weighted by molar-refractivity contribution is 8.47. The predicted molar refractivity (Wildman–Crippen MR) is 160 cm³/mol. The molecule has 4 aromatic heterocycles. The van der Waals surface area contributed by atoms with Crippen LogP contribution in [0.25, 0.3) is 22.2 Å². The summed E-state index contributed by atoms with van der Waals surface area (Å²) >= 11 is 8.21. The van der Waals surface area contributed by atoms with Crippen molar-refractivity contribution in [2.75, 3.05) is 24.7 Å². The first kappa shape index (κ1) is 31.3. The van der Waals surface area contributed by atoms with Crippen LogP contribution in [-0.4, -0.2) is 93.8 Å². The number of anilines is 2. The van der Waals surface area contributed by atoms with Gasteiger partial charge in [-0.25, -0.2) is 23.7 Å². The third-order valence-electron chi connectivity index (χ3n) is 7.40. The van der Waals surface area contributed by atoms with Crippen LogP contribution in [0.15, 0.2) is 29.7 Å². The van der Waals surface area contributed by atoms with Crippen molar-refractivity contribution in [3.05, 3.63) is 35.3 Å². The van der Waals surface area contributed by atoms with Crippen LogP contribution in [0.3, 0.4) is 0 Å². The van der Waals surface area contributed by atoms with Crippen molar-refractivity contribution >= 4 is 72.8 Å². The fourth-order valence-electron chi connectivity index (χ4n) is 5.39. The number of aromatic nitrogens is 7. The van der Waals surface area contributed by atoms with Crippen LogP contribution in [-0.2, 0) is 27.6 Å². The second-order valence-electron chi connectivity index (χ2n) is 10.2. The van der Waals surface area contributed by atoms with E-state index in [-0.39, 0.29) is 28.6 Å². The summed E-state index contributed by atoms with van der Waals surface area (Å²) < 4.78 is 68.5. The van der Waals surface area contributed by atoms with Gasteiger partial charge in [0.1, 0.15) is 43.2 Å². The summed E-state index contributed by atoms with van der Waals surface area (Å²) in [5, 5.41) is 0.442. The molecule has 0 radical (unpaired) electrons. The molecule has 2 bridgehead atoms. The van der Waals surface area contributed by atoms with Crippen LogP contribution < -0.4 is 17.0 Å². The van der Waals surface area contributed by atoms with Crippen LogP contribution in [0.1, 0.15) is 12.5 Å². The minimum Gasteiger partial charge on any atom is -0.383 e. The van der Waals surface area contributed by atoms with E-state index in [1.165, 1.54) is 21.7 Å². The van der Waals surface area contributed by atoms with Crippen molar-refractivity contribution in [1.82, 2.24) is 34.1 Å². The third kappa shape index (κ3) is 5.66. The topological polar surface area (TPSA) is 242 Å². The molecule has 3 aliphatic heterocycles. The van der Waals surface area contributed by atoms with Crippen molar-refractivity contribution in [3.8, 4) is 0 Å². The largest absolute Gasteiger partial charge is 0.476 e. The summed E-state index contributed by atoms with van der Waals surface area (Å²) in [6.07, 6.45) is -8.88. The van der Waals surface area contributed by atoms with Gasteiger partial charge in [-0.15, -0.1) is 0 Å². The molecule has 242 valence electrons. The van der Waals surface area contributed by atoms with Crippen LogP contribution in [0.2, 0.25) is 0 Å². The quantitative estimate of drug-likeness (QED) is 0.114. The molecule has 24 heteroatoms. The molecule has 0 saturated carbocycles. The number of hydrogen-bond acceptors (Lipinski definition) is 17. The molecule has 7 rings (SSSR count). The van der Waals surface area contributed by atoms with E-state index in [2.05, 4.69) is 49.4 Å². The highest BCUT2D eigenvalue weighted by atomic mass is 32.7. The number of thiol groups is 2. The number of nitrogens with two attached hydrogens (primary N) is 2. The van der Waals surface area contributed by atoms with Gasteiger partial charge in [-0.05, 0) is 6.07 Å². The Labute approximate surface area is 261 Å². The zero-order chi connectivity index (χ0) is 31.8. The smallest absolute Gasteiger partial charge is 0.383 e. The first-order valence-corrected chi connectivity index (χ1v) is 18.5. The fourth-order valence-corrected chi connectivity index (χ4v) is 8.35. The van der Waals surface area contributed by atoms with E-state index in [9.17, 15) is 14.6 Å². The van der Waals surface area contributed by atoms with Gasteiger partial charge in [0, 0.05) is 6.20 Å². The maximum absolute atomic E-state index is 16.0. The molecule has 45 heavy (non-hydrogen) atoms. The average Bonchev–Trinajstić information content (AvgIpc) is 3.72. The minimum atomic E-state index is -4.22. The summed E-state index contributed by atoms with van der Waals surface area (Å²) in [6.45, 7) is -1.25. The first-order chi connectivity index (χ1) is 21.3. The molecule has 4 aromatic rings. The lowest BCUT2D eigenvalue weighted by Crippen LogP contribution is -2.34. The molecular formula is C21H25F2N9O9P2S2+2. The normalized spacial score (nSPS) is 37.7. The maximum atomic E-state index is 16.0. The molecule has 10 atom stereocenters. The van der Waals surface area contributed by atoms with E-state index in [1.54, 1.807) is 6.07 Å². The van der Waals surface area contributed by atoms with Crippen LogP contribution in [0.4, 0.5) is 20.5 Å². The van der Waals surface area contributed by atoms with E-state index in [1.807, 2.05) is 0 Å². The van der Waals surface area contributed by atoms with Crippen LogP contribution in [0, 0.1) is 0 Å². The van der Waals surface area contributed by atoms with Crippen molar-refractivity contribution in [1.29, 1.82) is 0 Å². The lowest BCUT2D eigenvalue weighted by atomic mass is 10.1. The number of H-pyrrole nitrogens is 1. The summed E-state index contributed by atoms with van der Waals surface area (Å²) in [4.78, 5) is 52.8. The van der Waals surface area contributed by atoms with Gasteiger partial charge in [-0.1, -0.05) is 0 Å². The van der Waals surface area contributed by atoms with Crippen LogP contribution >= 0.6 is 38.8 Å². The summed E-state index contributed by atoms with van der Waals surface area (Å²) in [6, 6.07) is 1.58. The monoisotopic (exact) mass is 711 g/mol. The first-order valence-electron chi connectivity index (χ1n) is 13.1. The number of nitrogens with zero attached hydrogens (tertiary/aromatic N) is 6. The number of nitrogens with one attached hydrogen (secondary N) is 1. The Kier molecular flexibility index (Phi) is 7.94. The minimum absolute atomic E-state index is 0.0694. The van der Waals surface area contributed by atoms with E-state index in [0.717, 1.165) is 6.33 Å².